The zero-order chi connectivity index (χ0) is 15.6. The SMILES string of the molecule is C=CCCCCC=CC#CCCCCCCCC(=O)OC. The zero-order valence-electron chi connectivity index (χ0n) is 13.5. The number of ether oxygens (including phenoxy) is 1. The quantitative estimate of drug-likeness (QED) is 0.214. The number of hydrogen-bond acceptors (Lipinski definition) is 2. The third-order valence-corrected chi connectivity index (χ3v) is 3.24. The van der Waals surface area contributed by atoms with Crippen LogP contribution in [0.25, 0.3) is 0 Å². The Hall–Kier alpha value is -1.49. The van der Waals surface area contributed by atoms with E-state index in [-0.39, 0.29) is 5.97 Å². The maximum absolute atomic E-state index is 10.9. The molecule has 0 radical (unpaired) electrons. The number of methoxy groups -OCH3 is 1. The van der Waals surface area contributed by atoms with Gasteiger partial charge < -0.3 is 4.74 Å². The number of hydrogen-bond donors (Lipinski definition) is 0. The lowest BCUT2D eigenvalue weighted by Gasteiger charge is -1.99. The molecule has 0 aliphatic carbocycles. The van der Waals surface area contributed by atoms with E-state index in [1.54, 1.807) is 0 Å². The second-order valence-electron chi connectivity index (χ2n) is 5.14. The van der Waals surface area contributed by atoms with Crippen LogP contribution in [0.3, 0.4) is 0 Å². The first-order valence-corrected chi connectivity index (χ1v) is 8.12. The van der Waals surface area contributed by atoms with Crippen LogP contribution >= 0.6 is 0 Å². The highest BCUT2D eigenvalue weighted by atomic mass is 16.5. The van der Waals surface area contributed by atoms with Crippen molar-refractivity contribution in [1.82, 2.24) is 0 Å². The molecule has 2 heteroatoms. The van der Waals surface area contributed by atoms with Crippen molar-refractivity contribution in [2.75, 3.05) is 7.11 Å². The Balaban J connectivity index is 3.27. The minimum atomic E-state index is -0.0999. The fourth-order valence-corrected chi connectivity index (χ4v) is 1.94. The van der Waals surface area contributed by atoms with Crippen molar-refractivity contribution in [1.29, 1.82) is 0 Å². The van der Waals surface area contributed by atoms with E-state index in [0.717, 1.165) is 38.5 Å². The van der Waals surface area contributed by atoms with Gasteiger partial charge in [0.05, 0.1) is 7.11 Å². The van der Waals surface area contributed by atoms with Gasteiger partial charge in [0.25, 0.3) is 0 Å². The number of carbonyl (C=O) groups excluding carboxylic acids is 1. The Morgan fingerprint density at radius 3 is 2.52 bits per heavy atom. The molecule has 0 fully saturated rings. The Kier molecular flexibility index (Phi) is 15.4. The highest BCUT2D eigenvalue weighted by Crippen LogP contribution is 2.07. The fourth-order valence-electron chi connectivity index (χ4n) is 1.94. The number of esters is 1. The maximum Gasteiger partial charge on any atom is 0.305 e. The number of carbonyl (C=O) groups is 1. The predicted molar refractivity (Wildman–Crippen MR) is 89.9 cm³/mol. The Morgan fingerprint density at radius 2 is 1.76 bits per heavy atom. The van der Waals surface area contributed by atoms with E-state index in [4.69, 9.17) is 0 Å². The van der Waals surface area contributed by atoms with Gasteiger partial charge in [-0.05, 0) is 44.6 Å². The molecule has 0 aliphatic heterocycles. The molecule has 0 aliphatic rings. The highest BCUT2D eigenvalue weighted by molar-refractivity contribution is 5.68. The molecule has 0 heterocycles. The smallest absolute Gasteiger partial charge is 0.305 e. The van der Waals surface area contributed by atoms with Gasteiger partial charge in [0.15, 0.2) is 0 Å². The molecule has 0 rings (SSSR count). The first kappa shape index (κ1) is 19.5. The third kappa shape index (κ3) is 16.5. The topological polar surface area (TPSA) is 26.3 Å². The van der Waals surface area contributed by atoms with Crippen LogP contribution in [0.1, 0.15) is 70.6 Å². The lowest BCUT2D eigenvalue weighted by Crippen LogP contribution is -1.99. The third-order valence-electron chi connectivity index (χ3n) is 3.24. The Morgan fingerprint density at radius 1 is 1.05 bits per heavy atom. The van der Waals surface area contributed by atoms with Gasteiger partial charge >= 0.3 is 5.97 Å². The van der Waals surface area contributed by atoms with Crippen LogP contribution in [0.2, 0.25) is 0 Å². The Labute approximate surface area is 130 Å². The molecular formula is C19H30O2. The van der Waals surface area contributed by atoms with Crippen molar-refractivity contribution in [3.05, 3.63) is 24.8 Å². The molecule has 0 saturated carbocycles. The molecular weight excluding hydrogens is 260 g/mol. The van der Waals surface area contributed by atoms with Crippen LogP contribution in [-0.2, 0) is 9.53 Å². The molecule has 0 saturated heterocycles. The highest BCUT2D eigenvalue weighted by Gasteiger charge is 1.98. The van der Waals surface area contributed by atoms with Gasteiger partial charge in [-0.1, -0.05) is 43.3 Å². The summed E-state index contributed by atoms with van der Waals surface area (Å²) in [6, 6.07) is 0. The minimum absolute atomic E-state index is 0.0999. The van der Waals surface area contributed by atoms with Crippen LogP contribution in [0, 0.1) is 11.8 Å². The summed E-state index contributed by atoms with van der Waals surface area (Å²) in [5.41, 5.74) is 0. The standard InChI is InChI=1S/C19H30O2/c1-3-4-5-6-7-8-9-10-11-12-13-14-15-16-17-18-19(20)21-2/h3,8-9H,1,4-7,12-18H2,2H3. The average Bonchev–Trinajstić information content (AvgIpc) is 2.50. The first-order chi connectivity index (χ1) is 10.3. The maximum atomic E-state index is 10.9. The van der Waals surface area contributed by atoms with Crippen LogP contribution in [0.4, 0.5) is 0 Å². The first-order valence-electron chi connectivity index (χ1n) is 8.12. The molecule has 0 spiro atoms. The summed E-state index contributed by atoms with van der Waals surface area (Å²) in [6.07, 6.45) is 17.9. The summed E-state index contributed by atoms with van der Waals surface area (Å²) in [4.78, 5) is 10.9. The van der Waals surface area contributed by atoms with Crippen molar-refractivity contribution in [2.45, 2.75) is 70.6 Å². The van der Waals surface area contributed by atoms with Crippen LogP contribution < -0.4 is 0 Å². The molecule has 0 N–H and O–H groups in total. The molecule has 0 aromatic carbocycles. The zero-order valence-corrected chi connectivity index (χ0v) is 13.5. The summed E-state index contributed by atoms with van der Waals surface area (Å²) in [7, 11) is 1.44. The van der Waals surface area contributed by atoms with Crippen LogP contribution in [-0.4, -0.2) is 13.1 Å². The van der Waals surface area contributed by atoms with E-state index in [9.17, 15) is 4.79 Å². The molecule has 2 nitrogen and oxygen atoms in total. The lowest BCUT2D eigenvalue weighted by atomic mass is 10.1. The molecule has 0 aromatic heterocycles. The molecule has 0 amide bonds. The second kappa shape index (κ2) is 16.6. The molecule has 0 atom stereocenters. The van der Waals surface area contributed by atoms with Gasteiger partial charge in [-0.15, -0.1) is 6.58 Å². The molecule has 21 heavy (non-hydrogen) atoms. The summed E-state index contributed by atoms with van der Waals surface area (Å²) >= 11 is 0. The van der Waals surface area contributed by atoms with Crippen molar-refractivity contribution in [3.63, 3.8) is 0 Å². The van der Waals surface area contributed by atoms with Gasteiger partial charge in [-0.2, -0.15) is 0 Å². The number of rotatable bonds is 12. The van der Waals surface area contributed by atoms with Crippen molar-refractivity contribution in [2.24, 2.45) is 0 Å². The monoisotopic (exact) mass is 290 g/mol. The van der Waals surface area contributed by atoms with Crippen molar-refractivity contribution < 1.29 is 9.53 Å². The van der Waals surface area contributed by atoms with Gasteiger partial charge in [0.1, 0.15) is 0 Å². The number of allylic oxidation sites excluding steroid dienone is 3. The van der Waals surface area contributed by atoms with E-state index in [2.05, 4.69) is 29.2 Å². The van der Waals surface area contributed by atoms with Gasteiger partial charge in [0, 0.05) is 12.8 Å². The number of unbranched alkanes of at least 4 members (excludes halogenated alkanes) is 8. The second-order valence-corrected chi connectivity index (χ2v) is 5.14. The predicted octanol–water partition coefficient (Wildman–Crippen LogP) is 5.20. The summed E-state index contributed by atoms with van der Waals surface area (Å²) < 4.78 is 4.60. The lowest BCUT2D eigenvalue weighted by molar-refractivity contribution is -0.140. The molecule has 0 bridgehead atoms. The minimum Gasteiger partial charge on any atom is -0.469 e. The van der Waals surface area contributed by atoms with Gasteiger partial charge in [0.2, 0.25) is 0 Å². The Bertz CT molecular complexity index is 344. The van der Waals surface area contributed by atoms with E-state index in [1.807, 2.05) is 12.2 Å². The van der Waals surface area contributed by atoms with Gasteiger partial charge in [-0.25, -0.2) is 0 Å². The average molecular weight is 290 g/mol. The molecule has 0 unspecified atom stereocenters. The summed E-state index contributed by atoms with van der Waals surface area (Å²) in [5, 5.41) is 0. The van der Waals surface area contributed by atoms with Crippen LogP contribution in [0.5, 0.6) is 0 Å². The normalized spacial score (nSPS) is 10.1. The van der Waals surface area contributed by atoms with E-state index < -0.39 is 0 Å². The van der Waals surface area contributed by atoms with Gasteiger partial charge in [-0.3, -0.25) is 4.79 Å². The van der Waals surface area contributed by atoms with E-state index >= 15 is 0 Å². The summed E-state index contributed by atoms with van der Waals surface area (Å²) in [5.74, 6) is 6.17. The van der Waals surface area contributed by atoms with E-state index in [0.29, 0.717) is 6.42 Å². The molecule has 0 aromatic rings. The molecule has 118 valence electrons. The van der Waals surface area contributed by atoms with Crippen LogP contribution in [0.15, 0.2) is 24.8 Å². The van der Waals surface area contributed by atoms with Crippen molar-refractivity contribution in [3.8, 4) is 11.8 Å². The largest absolute Gasteiger partial charge is 0.469 e. The fraction of sp³-hybridized carbons (Fsp3) is 0.632. The summed E-state index contributed by atoms with van der Waals surface area (Å²) in [6.45, 7) is 3.71. The van der Waals surface area contributed by atoms with Crippen molar-refractivity contribution >= 4 is 5.97 Å². The van der Waals surface area contributed by atoms with E-state index in [1.165, 1.54) is 32.8 Å².